The molecule has 1 heterocycles. The van der Waals surface area contributed by atoms with Crippen LogP contribution < -0.4 is 19.1 Å². The van der Waals surface area contributed by atoms with Crippen molar-refractivity contribution < 1.29 is 23.4 Å². The largest absolute Gasteiger partial charge is 0.497 e. The lowest BCUT2D eigenvalue weighted by molar-refractivity contribution is -0.119. The summed E-state index contributed by atoms with van der Waals surface area (Å²) < 4.78 is 29.8. The number of benzene rings is 2. The van der Waals surface area contributed by atoms with Gasteiger partial charge in [-0.2, -0.15) is 4.98 Å². The number of amides is 1. The van der Waals surface area contributed by atoms with Crippen molar-refractivity contribution >= 4 is 11.6 Å². The standard InChI is InChI=1S/C21H20FN3O4/c1-27-17-8-9-19(28-2)15(10-17)13-25(20(26)11-22)18-12-23-14-24-21(18)29-16-6-4-3-5-7-16/h3-10,12,14H,11,13H2,1-2H3. The molecule has 0 saturated heterocycles. The fourth-order valence-corrected chi connectivity index (χ4v) is 2.73. The second-order valence-corrected chi connectivity index (χ2v) is 5.92. The molecule has 1 aromatic heterocycles. The van der Waals surface area contributed by atoms with Crippen LogP contribution in [0.1, 0.15) is 5.56 Å². The number of ether oxygens (including phenoxy) is 3. The first-order valence-electron chi connectivity index (χ1n) is 8.76. The number of anilines is 1. The van der Waals surface area contributed by atoms with E-state index in [0.717, 1.165) is 0 Å². The number of carbonyl (C=O) groups excluding carboxylic acids is 1. The van der Waals surface area contributed by atoms with Gasteiger partial charge in [-0.25, -0.2) is 9.37 Å². The third kappa shape index (κ3) is 4.78. The summed E-state index contributed by atoms with van der Waals surface area (Å²) in [5.41, 5.74) is 0.868. The summed E-state index contributed by atoms with van der Waals surface area (Å²) in [6, 6.07) is 14.1. The fraction of sp³-hybridized carbons (Fsp3) is 0.190. The molecule has 0 bridgehead atoms. The predicted molar refractivity (Wildman–Crippen MR) is 105 cm³/mol. The van der Waals surface area contributed by atoms with E-state index in [-0.39, 0.29) is 18.1 Å². The molecule has 8 heteroatoms. The molecular weight excluding hydrogens is 377 g/mol. The minimum Gasteiger partial charge on any atom is -0.497 e. The van der Waals surface area contributed by atoms with Gasteiger partial charge in [0.2, 0.25) is 5.88 Å². The normalized spacial score (nSPS) is 10.3. The maximum absolute atomic E-state index is 13.4. The third-order valence-electron chi connectivity index (χ3n) is 4.14. The van der Waals surface area contributed by atoms with Gasteiger partial charge in [0.1, 0.15) is 29.3 Å². The van der Waals surface area contributed by atoms with E-state index in [1.54, 1.807) is 30.3 Å². The number of para-hydroxylation sites is 1. The van der Waals surface area contributed by atoms with E-state index in [1.165, 1.54) is 31.6 Å². The van der Waals surface area contributed by atoms with Gasteiger partial charge in [-0.15, -0.1) is 0 Å². The van der Waals surface area contributed by atoms with Crippen molar-refractivity contribution in [1.82, 2.24) is 9.97 Å². The monoisotopic (exact) mass is 397 g/mol. The van der Waals surface area contributed by atoms with E-state index < -0.39 is 12.6 Å². The Balaban J connectivity index is 2.00. The van der Waals surface area contributed by atoms with E-state index in [9.17, 15) is 9.18 Å². The minimum atomic E-state index is -1.19. The van der Waals surface area contributed by atoms with E-state index in [1.807, 2.05) is 18.2 Å². The van der Waals surface area contributed by atoms with E-state index in [4.69, 9.17) is 14.2 Å². The zero-order valence-electron chi connectivity index (χ0n) is 16.0. The molecule has 0 atom stereocenters. The molecule has 0 radical (unpaired) electrons. The van der Waals surface area contributed by atoms with Crippen LogP contribution in [0.3, 0.4) is 0 Å². The van der Waals surface area contributed by atoms with Crippen molar-refractivity contribution in [3.63, 3.8) is 0 Å². The Kier molecular flexibility index (Phi) is 6.57. The van der Waals surface area contributed by atoms with Crippen LogP contribution in [-0.2, 0) is 11.3 Å². The highest BCUT2D eigenvalue weighted by atomic mass is 19.1. The summed E-state index contributed by atoms with van der Waals surface area (Å²) in [5.74, 6) is 1.01. The Labute approximate surface area is 167 Å². The average molecular weight is 397 g/mol. The molecule has 0 aliphatic heterocycles. The smallest absolute Gasteiger partial charge is 0.258 e. The van der Waals surface area contributed by atoms with E-state index in [2.05, 4.69) is 9.97 Å². The minimum absolute atomic E-state index is 0.0155. The molecule has 0 aliphatic rings. The van der Waals surface area contributed by atoms with Crippen LogP contribution in [0, 0.1) is 0 Å². The van der Waals surface area contributed by atoms with Crippen molar-refractivity contribution in [3.05, 3.63) is 66.6 Å². The van der Waals surface area contributed by atoms with Gasteiger partial charge >= 0.3 is 0 Å². The highest BCUT2D eigenvalue weighted by molar-refractivity contribution is 5.95. The second-order valence-electron chi connectivity index (χ2n) is 5.92. The topological polar surface area (TPSA) is 73.8 Å². The van der Waals surface area contributed by atoms with Crippen LogP contribution in [0.4, 0.5) is 10.1 Å². The Hall–Kier alpha value is -3.68. The molecule has 0 saturated carbocycles. The first-order valence-corrected chi connectivity index (χ1v) is 8.76. The lowest BCUT2D eigenvalue weighted by Gasteiger charge is -2.24. The van der Waals surface area contributed by atoms with Gasteiger partial charge in [0, 0.05) is 5.56 Å². The number of alkyl halides is 1. The molecule has 0 spiro atoms. The van der Waals surface area contributed by atoms with Crippen LogP contribution in [0.15, 0.2) is 61.1 Å². The Morgan fingerprint density at radius 2 is 1.86 bits per heavy atom. The molecule has 7 nitrogen and oxygen atoms in total. The number of hydrogen-bond donors (Lipinski definition) is 0. The Morgan fingerprint density at radius 3 is 2.55 bits per heavy atom. The predicted octanol–water partition coefficient (Wildman–Crippen LogP) is 3.79. The maximum Gasteiger partial charge on any atom is 0.258 e. The lowest BCUT2D eigenvalue weighted by atomic mass is 10.1. The summed E-state index contributed by atoms with van der Waals surface area (Å²) in [6.45, 7) is -1.17. The number of hydrogen-bond acceptors (Lipinski definition) is 6. The summed E-state index contributed by atoms with van der Waals surface area (Å²) in [7, 11) is 3.05. The summed E-state index contributed by atoms with van der Waals surface area (Å²) >= 11 is 0. The molecule has 1 amide bonds. The lowest BCUT2D eigenvalue weighted by Crippen LogP contribution is -2.32. The molecule has 150 valence electrons. The van der Waals surface area contributed by atoms with Gasteiger partial charge in [0.25, 0.3) is 5.91 Å². The molecule has 0 unspecified atom stereocenters. The van der Waals surface area contributed by atoms with Crippen LogP contribution in [-0.4, -0.2) is 36.8 Å². The summed E-state index contributed by atoms with van der Waals surface area (Å²) in [4.78, 5) is 21.8. The van der Waals surface area contributed by atoms with Gasteiger partial charge in [-0.1, -0.05) is 18.2 Å². The quantitative estimate of drug-likeness (QED) is 0.576. The van der Waals surface area contributed by atoms with Crippen molar-refractivity contribution in [3.8, 4) is 23.1 Å². The van der Waals surface area contributed by atoms with Gasteiger partial charge < -0.3 is 14.2 Å². The SMILES string of the molecule is COc1ccc(OC)c(CN(C(=O)CF)c2cncnc2Oc2ccccc2)c1. The Bertz CT molecular complexity index is 969. The molecule has 2 aromatic carbocycles. The van der Waals surface area contributed by atoms with Crippen molar-refractivity contribution in [2.75, 3.05) is 25.8 Å². The van der Waals surface area contributed by atoms with Crippen molar-refractivity contribution in [2.24, 2.45) is 0 Å². The summed E-state index contributed by atoms with van der Waals surface area (Å²) in [5, 5.41) is 0. The molecule has 0 fully saturated rings. The van der Waals surface area contributed by atoms with Crippen LogP contribution >= 0.6 is 0 Å². The molecule has 3 rings (SSSR count). The fourth-order valence-electron chi connectivity index (χ4n) is 2.73. The molecular formula is C21H20FN3O4. The maximum atomic E-state index is 13.4. The number of halogens is 1. The molecule has 29 heavy (non-hydrogen) atoms. The summed E-state index contributed by atoms with van der Waals surface area (Å²) in [6.07, 6.45) is 2.71. The first kappa shape index (κ1) is 20.1. The molecule has 0 aliphatic carbocycles. The van der Waals surface area contributed by atoms with Crippen LogP contribution in [0.2, 0.25) is 0 Å². The van der Waals surface area contributed by atoms with Gasteiger partial charge in [-0.05, 0) is 30.3 Å². The van der Waals surface area contributed by atoms with E-state index in [0.29, 0.717) is 22.8 Å². The van der Waals surface area contributed by atoms with Gasteiger partial charge in [0.05, 0.1) is 27.0 Å². The average Bonchev–Trinajstić information content (AvgIpc) is 2.78. The van der Waals surface area contributed by atoms with Crippen LogP contribution in [0.25, 0.3) is 0 Å². The number of aromatic nitrogens is 2. The van der Waals surface area contributed by atoms with Crippen molar-refractivity contribution in [2.45, 2.75) is 6.54 Å². The van der Waals surface area contributed by atoms with Crippen LogP contribution in [0.5, 0.6) is 23.1 Å². The number of carbonyl (C=O) groups is 1. The molecule has 0 N–H and O–H groups in total. The van der Waals surface area contributed by atoms with Gasteiger partial charge in [-0.3, -0.25) is 9.69 Å². The van der Waals surface area contributed by atoms with E-state index >= 15 is 0 Å². The number of methoxy groups -OCH3 is 2. The second kappa shape index (κ2) is 9.50. The highest BCUT2D eigenvalue weighted by Crippen LogP contribution is 2.33. The zero-order valence-corrected chi connectivity index (χ0v) is 16.0. The Morgan fingerprint density at radius 1 is 1.07 bits per heavy atom. The third-order valence-corrected chi connectivity index (χ3v) is 4.14. The molecule has 3 aromatic rings. The number of rotatable bonds is 8. The van der Waals surface area contributed by atoms with Crippen molar-refractivity contribution in [1.29, 1.82) is 0 Å². The van der Waals surface area contributed by atoms with Gasteiger partial charge in [0.15, 0.2) is 6.67 Å². The highest BCUT2D eigenvalue weighted by Gasteiger charge is 2.23. The first-order chi connectivity index (χ1) is 14.2. The zero-order chi connectivity index (χ0) is 20.6. The number of nitrogens with zero attached hydrogens (tertiary/aromatic N) is 3.